The number of rotatable bonds is 5. The fourth-order valence-corrected chi connectivity index (χ4v) is 1.83. The molecule has 0 fully saturated rings. The molecule has 0 aliphatic rings. The van der Waals surface area contributed by atoms with E-state index >= 15 is 0 Å². The topological polar surface area (TPSA) is 34.1 Å². The van der Waals surface area contributed by atoms with Crippen molar-refractivity contribution in [3.63, 3.8) is 0 Å². The molecule has 0 radical (unpaired) electrons. The Labute approximate surface area is 118 Å². The molecule has 1 aromatic carbocycles. The normalized spacial score (nSPS) is 10.3. The van der Waals surface area contributed by atoms with Crippen molar-refractivity contribution in [1.29, 1.82) is 0 Å². The first-order valence-electron chi connectivity index (χ1n) is 6.27. The molecule has 1 aromatic heterocycles. The maximum Gasteiger partial charge on any atom is 0.126 e. The van der Waals surface area contributed by atoms with Gasteiger partial charge in [0, 0.05) is 17.8 Å². The van der Waals surface area contributed by atoms with E-state index in [2.05, 4.69) is 10.3 Å². The molecule has 0 spiro atoms. The lowest BCUT2D eigenvalue weighted by Gasteiger charge is -2.09. The number of aromatic nitrogens is 1. The zero-order valence-corrected chi connectivity index (χ0v) is 11.9. The molecule has 1 heterocycles. The third-order valence-electron chi connectivity index (χ3n) is 2.72. The van der Waals surface area contributed by atoms with Crippen molar-refractivity contribution in [3.05, 3.63) is 52.7 Å². The van der Waals surface area contributed by atoms with Crippen molar-refractivity contribution in [2.45, 2.75) is 20.5 Å². The Kier molecular flexibility index (Phi) is 4.63. The zero-order valence-electron chi connectivity index (χ0n) is 11.1. The molecular formula is C15H17ClN2O. The van der Waals surface area contributed by atoms with Crippen LogP contribution in [0.25, 0.3) is 0 Å². The second-order valence-electron chi connectivity index (χ2n) is 4.28. The molecule has 0 aliphatic heterocycles. The smallest absolute Gasteiger partial charge is 0.126 e. The van der Waals surface area contributed by atoms with Crippen LogP contribution in [0.3, 0.4) is 0 Å². The van der Waals surface area contributed by atoms with Crippen LogP contribution in [0.5, 0.6) is 5.75 Å². The third kappa shape index (κ3) is 3.86. The van der Waals surface area contributed by atoms with Gasteiger partial charge in [0.1, 0.15) is 18.2 Å². The Hall–Kier alpha value is -1.74. The third-order valence-corrected chi connectivity index (χ3v) is 3.14. The first kappa shape index (κ1) is 13.7. The Morgan fingerprint density at radius 3 is 2.84 bits per heavy atom. The minimum atomic E-state index is 0.516. The van der Waals surface area contributed by atoms with Gasteiger partial charge in [-0.1, -0.05) is 11.6 Å². The minimum Gasteiger partial charge on any atom is -0.489 e. The van der Waals surface area contributed by atoms with Crippen molar-refractivity contribution in [2.24, 2.45) is 0 Å². The Morgan fingerprint density at radius 2 is 2.11 bits per heavy atom. The second kappa shape index (κ2) is 6.43. The molecule has 2 aromatic rings. The van der Waals surface area contributed by atoms with Gasteiger partial charge in [-0.2, -0.15) is 0 Å². The highest BCUT2D eigenvalue weighted by Crippen LogP contribution is 2.22. The van der Waals surface area contributed by atoms with Gasteiger partial charge in [-0.3, -0.25) is 0 Å². The zero-order chi connectivity index (χ0) is 13.7. The van der Waals surface area contributed by atoms with Gasteiger partial charge in [0.05, 0.1) is 0 Å². The van der Waals surface area contributed by atoms with E-state index in [0.29, 0.717) is 6.61 Å². The molecule has 0 unspecified atom stereocenters. The van der Waals surface area contributed by atoms with E-state index in [0.717, 1.165) is 34.3 Å². The fourth-order valence-electron chi connectivity index (χ4n) is 1.72. The highest BCUT2D eigenvalue weighted by atomic mass is 35.5. The quantitative estimate of drug-likeness (QED) is 0.894. The lowest BCUT2D eigenvalue weighted by Crippen LogP contribution is -2.01. The predicted octanol–water partition coefficient (Wildman–Crippen LogP) is 4.05. The summed E-state index contributed by atoms with van der Waals surface area (Å²) < 4.78 is 5.75. The molecular weight excluding hydrogens is 260 g/mol. The van der Waals surface area contributed by atoms with E-state index in [1.54, 1.807) is 6.20 Å². The number of pyridine rings is 1. The molecule has 3 nitrogen and oxygen atoms in total. The van der Waals surface area contributed by atoms with Gasteiger partial charge in [0.15, 0.2) is 0 Å². The summed E-state index contributed by atoms with van der Waals surface area (Å²) >= 11 is 5.98. The highest BCUT2D eigenvalue weighted by molar-refractivity contribution is 6.31. The summed E-state index contributed by atoms with van der Waals surface area (Å²) in [5, 5.41) is 3.93. The molecule has 0 saturated heterocycles. The average Bonchev–Trinajstić information content (AvgIpc) is 2.41. The summed E-state index contributed by atoms with van der Waals surface area (Å²) in [6.07, 6.45) is 1.78. The van der Waals surface area contributed by atoms with Crippen molar-refractivity contribution < 1.29 is 4.74 Å². The number of nitrogens with one attached hydrogen (secondary N) is 1. The minimum absolute atomic E-state index is 0.516. The van der Waals surface area contributed by atoms with Crippen LogP contribution in [0.4, 0.5) is 5.82 Å². The molecule has 0 amide bonds. The summed E-state index contributed by atoms with van der Waals surface area (Å²) in [5.74, 6) is 1.69. The van der Waals surface area contributed by atoms with E-state index in [-0.39, 0.29) is 0 Å². The summed E-state index contributed by atoms with van der Waals surface area (Å²) in [6, 6.07) is 9.61. The van der Waals surface area contributed by atoms with Gasteiger partial charge in [-0.15, -0.1) is 0 Å². The van der Waals surface area contributed by atoms with Crippen LogP contribution >= 0.6 is 11.6 Å². The largest absolute Gasteiger partial charge is 0.489 e. The molecule has 1 N–H and O–H groups in total. The molecule has 2 rings (SSSR count). The molecule has 0 atom stereocenters. The Morgan fingerprint density at radius 1 is 1.26 bits per heavy atom. The number of halogens is 1. The van der Waals surface area contributed by atoms with Crippen molar-refractivity contribution in [3.8, 4) is 5.75 Å². The summed E-state index contributed by atoms with van der Waals surface area (Å²) in [4.78, 5) is 4.23. The van der Waals surface area contributed by atoms with E-state index in [4.69, 9.17) is 16.3 Å². The lowest BCUT2D eigenvalue weighted by atomic mass is 10.2. The molecule has 4 heteroatoms. The number of nitrogens with zero attached hydrogens (tertiary/aromatic N) is 1. The van der Waals surface area contributed by atoms with Crippen LogP contribution < -0.4 is 10.1 Å². The Balaban J connectivity index is 2.01. The first-order valence-corrected chi connectivity index (χ1v) is 6.64. The van der Waals surface area contributed by atoms with E-state index in [1.807, 2.05) is 44.2 Å². The first-order chi connectivity index (χ1) is 9.19. The number of hydrogen-bond donors (Lipinski definition) is 1. The van der Waals surface area contributed by atoms with Crippen LogP contribution in [0.15, 0.2) is 36.5 Å². The molecule has 19 heavy (non-hydrogen) atoms. The van der Waals surface area contributed by atoms with Crippen molar-refractivity contribution in [2.75, 3.05) is 11.9 Å². The van der Waals surface area contributed by atoms with E-state index in [1.165, 1.54) is 0 Å². The summed E-state index contributed by atoms with van der Waals surface area (Å²) in [6.45, 7) is 5.38. The van der Waals surface area contributed by atoms with Crippen LogP contribution in [0.1, 0.15) is 18.1 Å². The van der Waals surface area contributed by atoms with Crippen LogP contribution in [-0.4, -0.2) is 11.5 Å². The van der Waals surface area contributed by atoms with Crippen molar-refractivity contribution in [1.82, 2.24) is 4.98 Å². The average molecular weight is 277 g/mol. The lowest BCUT2D eigenvalue weighted by molar-refractivity contribution is 0.306. The number of ether oxygens (including phenoxy) is 1. The van der Waals surface area contributed by atoms with Gasteiger partial charge >= 0.3 is 0 Å². The monoisotopic (exact) mass is 276 g/mol. The molecule has 0 bridgehead atoms. The highest BCUT2D eigenvalue weighted by Gasteiger charge is 2.01. The van der Waals surface area contributed by atoms with E-state index < -0.39 is 0 Å². The maximum absolute atomic E-state index is 5.98. The van der Waals surface area contributed by atoms with Crippen LogP contribution in [-0.2, 0) is 6.61 Å². The SMILES string of the molecule is CCNc1cc(COc2ccc(Cl)c(C)c2)ccn1. The summed E-state index contributed by atoms with van der Waals surface area (Å²) in [5.41, 5.74) is 2.10. The van der Waals surface area contributed by atoms with Gasteiger partial charge in [0.25, 0.3) is 0 Å². The van der Waals surface area contributed by atoms with Gasteiger partial charge in [-0.05, 0) is 55.3 Å². The fraction of sp³-hybridized carbons (Fsp3) is 0.267. The number of aryl methyl sites for hydroxylation is 1. The second-order valence-corrected chi connectivity index (χ2v) is 4.69. The van der Waals surface area contributed by atoms with Gasteiger partial charge < -0.3 is 10.1 Å². The summed E-state index contributed by atoms with van der Waals surface area (Å²) in [7, 11) is 0. The Bertz CT molecular complexity index is 558. The van der Waals surface area contributed by atoms with Crippen LogP contribution in [0, 0.1) is 6.92 Å². The molecule has 0 aliphatic carbocycles. The van der Waals surface area contributed by atoms with E-state index in [9.17, 15) is 0 Å². The molecule has 100 valence electrons. The number of benzene rings is 1. The predicted molar refractivity (Wildman–Crippen MR) is 78.9 cm³/mol. The van der Waals surface area contributed by atoms with Gasteiger partial charge in [0.2, 0.25) is 0 Å². The van der Waals surface area contributed by atoms with Gasteiger partial charge in [-0.25, -0.2) is 4.98 Å². The van der Waals surface area contributed by atoms with Crippen LogP contribution in [0.2, 0.25) is 5.02 Å². The maximum atomic E-state index is 5.98. The number of hydrogen-bond acceptors (Lipinski definition) is 3. The molecule has 0 saturated carbocycles. The van der Waals surface area contributed by atoms with Crippen molar-refractivity contribution >= 4 is 17.4 Å². The number of anilines is 1. The standard InChI is InChI=1S/C15H17ClN2O/c1-3-17-15-9-12(6-7-18-15)10-19-13-4-5-14(16)11(2)8-13/h4-9H,3,10H2,1-2H3,(H,17,18).